The molecule has 0 unspecified atom stereocenters. The molecule has 8 bridgehead atoms. The highest BCUT2D eigenvalue weighted by Gasteiger charge is 2.28. The lowest BCUT2D eigenvalue weighted by Crippen LogP contribution is -1.88. The zero-order chi connectivity index (χ0) is 34.1. The zero-order valence-corrected chi connectivity index (χ0v) is 37.3. The van der Waals surface area contributed by atoms with Gasteiger partial charge in [0.1, 0.15) is 5.69 Å². The summed E-state index contributed by atoms with van der Waals surface area (Å²) in [7, 11) is 0. The second-order valence-corrected chi connectivity index (χ2v) is 17.5. The van der Waals surface area contributed by atoms with E-state index in [1.165, 1.54) is 0 Å². The fourth-order valence-corrected chi connectivity index (χ4v) is 10.1. The van der Waals surface area contributed by atoms with E-state index in [0.29, 0.717) is 0 Å². The molecule has 0 fully saturated rings. The summed E-state index contributed by atoms with van der Waals surface area (Å²) in [5, 5.41) is 0. The third-order valence-corrected chi connectivity index (χ3v) is 16.8. The standard InChI is InChI=1S/C37H18Br8N4/c38-22-24(40)32-20(17-12-6-2-7-13-17)34-26(42)28(44)36(48-34)37-29(45)27(43)35(49-37)21(18-14-8-3-9-15-18)33-25(41)23(39)31(47-33)19(30(22)46-32)16-10-4-1-5-11-16/h1-15,46-48H. The van der Waals surface area contributed by atoms with Crippen molar-refractivity contribution in [1.29, 1.82) is 0 Å². The van der Waals surface area contributed by atoms with Gasteiger partial charge in [-0.2, -0.15) is 0 Å². The first-order valence-corrected chi connectivity index (χ1v) is 21.0. The molecule has 0 aliphatic carbocycles. The highest BCUT2D eigenvalue weighted by Crippen LogP contribution is 2.51. The summed E-state index contributed by atoms with van der Waals surface area (Å²) < 4.78 is 6.92. The smallest absolute Gasteiger partial charge is 0.104 e. The predicted octanol–water partition coefficient (Wildman–Crippen LogP) is 15.7. The van der Waals surface area contributed by atoms with Crippen LogP contribution in [0.3, 0.4) is 0 Å². The summed E-state index contributed by atoms with van der Waals surface area (Å²) in [6.07, 6.45) is 0. The van der Waals surface area contributed by atoms with Gasteiger partial charge in [-0.25, -0.2) is 4.98 Å². The fourth-order valence-electron chi connectivity index (χ4n) is 6.18. The maximum absolute atomic E-state index is 5.34. The van der Waals surface area contributed by atoms with E-state index in [-0.39, 0.29) is 0 Å². The fraction of sp³-hybridized carbons (Fsp3) is 0. The molecule has 49 heavy (non-hydrogen) atoms. The first kappa shape index (κ1) is 34.3. The van der Waals surface area contributed by atoms with E-state index in [1.807, 2.05) is 42.5 Å². The topological polar surface area (TPSA) is 60.3 Å². The molecule has 5 heterocycles. The van der Waals surface area contributed by atoms with Gasteiger partial charge in [0.25, 0.3) is 0 Å². The molecule has 0 saturated carbocycles. The Morgan fingerprint density at radius 1 is 0.327 bits per heavy atom. The normalized spacial score (nSPS) is 12.4. The van der Waals surface area contributed by atoms with Gasteiger partial charge in [0.2, 0.25) is 0 Å². The van der Waals surface area contributed by atoms with Crippen LogP contribution in [0.1, 0.15) is 11.4 Å². The maximum atomic E-state index is 5.34. The van der Waals surface area contributed by atoms with Gasteiger partial charge in [0, 0.05) is 16.7 Å². The third kappa shape index (κ3) is 5.68. The first-order chi connectivity index (χ1) is 23.7. The van der Waals surface area contributed by atoms with E-state index < -0.39 is 0 Å². The van der Waals surface area contributed by atoms with Crippen LogP contribution in [0.15, 0.2) is 118 Å². The van der Waals surface area contributed by atoms with Gasteiger partial charge in [0.05, 0.1) is 74.6 Å². The van der Waals surface area contributed by atoms with Gasteiger partial charge < -0.3 is 15.0 Å². The van der Waals surface area contributed by atoms with Crippen molar-refractivity contribution in [3.63, 3.8) is 0 Å². The van der Waals surface area contributed by atoms with E-state index in [1.54, 1.807) is 0 Å². The first-order valence-electron chi connectivity index (χ1n) is 14.7. The largest absolute Gasteiger partial charge is 0.352 e. The summed E-state index contributed by atoms with van der Waals surface area (Å²) in [6.45, 7) is 0. The van der Waals surface area contributed by atoms with Gasteiger partial charge in [-0.3, -0.25) is 0 Å². The van der Waals surface area contributed by atoms with Gasteiger partial charge >= 0.3 is 0 Å². The minimum atomic E-state index is 0.752. The molecule has 0 radical (unpaired) electrons. The van der Waals surface area contributed by atoms with Gasteiger partial charge in [-0.05, 0) is 144 Å². The van der Waals surface area contributed by atoms with Crippen LogP contribution in [0.25, 0.3) is 75.4 Å². The Morgan fingerprint density at radius 2 is 0.612 bits per heavy atom. The van der Waals surface area contributed by atoms with Crippen molar-refractivity contribution in [2.24, 2.45) is 0 Å². The lowest BCUT2D eigenvalue weighted by molar-refractivity contribution is 1.31. The van der Waals surface area contributed by atoms with Crippen molar-refractivity contribution in [2.45, 2.75) is 0 Å². The molecular formula is C37H18Br8N4. The van der Waals surface area contributed by atoms with Crippen molar-refractivity contribution in [3.8, 4) is 33.4 Å². The molecule has 1 aliphatic rings. The van der Waals surface area contributed by atoms with Crippen LogP contribution in [0, 0.1) is 0 Å². The molecule has 242 valence electrons. The van der Waals surface area contributed by atoms with Crippen LogP contribution in [-0.2, 0) is 0 Å². The van der Waals surface area contributed by atoms with Gasteiger partial charge in [-0.15, -0.1) is 0 Å². The van der Waals surface area contributed by atoms with Gasteiger partial charge in [0.15, 0.2) is 0 Å². The Bertz CT molecular complexity index is 2620. The molecule has 0 spiro atoms. The second kappa shape index (κ2) is 13.7. The summed E-state index contributed by atoms with van der Waals surface area (Å²) in [6, 6.07) is 31.1. The number of aromatic nitrogens is 4. The Morgan fingerprint density at radius 3 is 1.00 bits per heavy atom. The van der Waals surface area contributed by atoms with E-state index in [4.69, 9.17) is 4.98 Å². The average molecular weight is 1160 g/mol. The zero-order valence-electron chi connectivity index (χ0n) is 24.6. The van der Waals surface area contributed by atoms with Crippen LogP contribution in [0.5, 0.6) is 0 Å². The predicted molar refractivity (Wildman–Crippen MR) is 233 cm³/mol. The Balaban J connectivity index is 1.73. The molecule has 12 heteroatoms. The molecule has 7 aromatic rings. The Labute approximate surface area is 348 Å². The van der Waals surface area contributed by atoms with E-state index in [2.05, 4.69) is 191 Å². The second-order valence-electron chi connectivity index (χ2n) is 11.2. The molecule has 4 aromatic heterocycles. The quantitative estimate of drug-likeness (QED) is 0.162. The molecule has 0 amide bonds. The molecule has 0 atom stereocenters. The summed E-state index contributed by atoms with van der Waals surface area (Å²) >= 11 is 31.7. The van der Waals surface area contributed by atoms with Crippen LogP contribution < -0.4 is 0 Å². The Hall–Kier alpha value is -1.77. The van der Waals surface area contributed by atoms with E-state index in [9.17, 15) is 0 Å². The molecule has 3 N–H and O–H groups in total. The number of benzene rings is 3. The van der Waals surface area contributed by atoms with Gasteiger partial charge in [-0.1, -0.05) is 91.0 Å². The number of rotatable bonds is 3. The third-order valence-electron chi connectivity index (χ3n) is 8.39. The number of fused-ring (bicyclic) bond motifs is 9. The maximum Gasteiger partial charge on any atom is 0.104 e. The van der Waals surface area contributed by atoms with Crippen molar-refractivity contribution in [3.05, 3.63) is 129 Å². The average Bonchev–Trinajstić information content (AvgIpc) is 3.78. The molecule has 0 saturated heterocycles. The summed E-state index contributed by atoms with van der Waals surface area (Å²) in [4.78, 5) is 16.8. The van der Waals surface area contributed by atoms with Crippen LogP contribution in [0.2, 0.25) is 0 Å². The lowest BCUT2D eigenvalue weighted by Gasteiger charge is -2.06. The van der Waals surface area contributed by atoms with Crippen LogP contribution in [0.4, 0.5) is 0 Å². The Kier molecular flexibility index (Phi) is 9.56. The summed E-state index contributed by atoms with van der Waals surface area (Å²) in [5.74, 6) is 0. The highest BCUT2D eigenvalue weighted by atomic mass is 79.9. The van der Waals surface area contributed by atoms with Crippen LogP contribution >= 0.6 is 127 Å². The number of halogens is 8. The number of H-pyrrole nitrogens is 3. The monoisotopic (exact) mass is 1150 g/mol. The lowest BCUT2D eigenvalue weighted by atomic mass is 10.0. The number of hydrogen-bond donors (Lipinski definition) is 3. The SMILES string of the molecule is BrC1=C(Br)c2nc1c(-c1ccccc1)c1[nH]c(c(Br)c1Br)c(-c1ccccc1)c1[nH]c(c(Br)c1Br)c(-c1ccccc1)c1[nH]c2c(Br)c1Br. The minimum absolute atomic E-state index is 0.752. The molecule has 3 aromatic carbocycles. The highest BCUT2D eigenvalue weighted by molar-refractivity contribution is 9.18. The van der Waals surface area contributed by atoms with Crippen molar-refractivity contribution in [2.75, 3.05) is 0 Å². The van der Waals surface area contributed by atoms with Crippen LogP contribution in [-0.4, -0.2) is 19.9 Å². The molecular weight excluding hydrogens is 1140 g/mol. The molecule has 4 nitrogen and oxygen atoms in total. The van der Waals surface area contributed by atoms with E-state index >= 15 is 0 Å². The molecule has 8 rings (SSSR count). The number of nitrogens with zero attached hydrogens (tertiary/aromatic N) is 1. The molecule has 1 aliphatic heterocycles. The minimum Gasteiger partial charge on any atom is -0.352 e. The number of aromatic amines is 3. The van der Waals surface area contributed by atoms with Crippen molar-refractivity contribution < 1.29 is 0 Å². The number of hydrogen-bond acceptors (Lipinski definition) is 1. The van der Waals surface area contributed by atoms with Crippen molar-refractivity contribution >= 4 is 170 Å². The van der Waals surface area contributed by atoms with Crippen molar-refractivity contribution in [1.82, 2.24) is 19.9 Å². The van der Waals surface area contributed by atoms with E-state index in [0.717, 1.165) is 114 Å². The number of nitrogens with one attached hydrogen (secondary N) is 3. The summed E-state index contributed by atoms with van der Waals surface area (Å²) in [5.41, 5.74) is 12.7.